The fraction of sp³-hybridized carbons (Fsp3) is 0.417. The Bertz CT molecular complexity index is 425. The molecule has 1 aromatic carbocycles. The maximum atomic E-state index is 10.3. The monoisotopic (exact) mass is 251 g/mol. The van der Waals surface area contributed by atoms with Crippen LogP contribution in [0.2, 0.25) is 0 Å². The second-order valence-corrected chi connectivity index (χ2v) is 4.24. The third kappa shape index (κ3) is 2.91. The van der Waals surface area contributed by atoms with Crippen LogP contribution in [-0.2, 0) is 11.3 Å². The lowest BCUT2D eigenvalue weighted by atomic mass is 10.1. The number of nitrogens with zero attached hydrogens (tertiary/aromatic N) is 1. The molecule has 18 heavy (non-hydrogen) atoms. The number of fused-ring (bicyclic) bond motifs is 1. The minimum atomic E-state index is -0.374. The van der Waals surface area contributed by atoms with Crippen molar-refractivity contribution in [2.75, 3.05) is 20.4 Å². The van der Waals surface area contributed by atoms with E-state index in [1.807, 2.05) is 30.1 Å². The predicted octanol–water partition coefficient (Wildman–Crippen LogP) is -0.122. The quantitative estimate of drug-likeness (QED) is 0.544. The molecule has 0 saturated heterocycles. The van der Waals surface area contributed by atoms with E-state index in [0.717, 1.165) is 17.1 Å². The molecule has 0 saturated carbocycles. The Balaban J connectivity index is 1.97. The van der Waals surface area contributed by atoms with Crippen LogP contribution in [0.3, 0.4) is 0 Å². The number of benzene rings is 1. The predicted molar refractivity (Wildman–Crippen MR) is 66.1 cm³/mol. The molecule has 98 valence electrons. The van der Waals surface area contributed by atoms with Crippen molar-refractivity contribution in [3.05, 3.63) is 23.8 Å². The van der Waals surface area contributed by atoms with Crippen molar-refractivity contribution >= 4 is 6.41 Å². The van der Waals surface area contributed by atoms with Crippen molar-refractivity contribution < 1.29 is 14.3 Å². The Labute approximate surface area is 106 Å². The van der Waals surface area contributed by atoms with Crippen molar-refractivity contribution in [1.29, 1.82) is 0 Å². The van der Waals surface area contributed by atoms with E-state index >= 15 is 0 Å². The number of nitrogens with one attached hydrogen (secondary N) is 1. The van der Waals surface area contributed by atoms with Crippen molar-refractivity contribution in [3.63, 3.8) is 0 Å². The van der Waals surface area contributed by atoms with Gasteiger partial charge in [0.25, 0.3) is 0 Å². The number of rotatable bonds is 6. The Morgan fingerprint density at radius 2 is 2.39 bits per heavy atom. The van der Waals surface area contributed by atoms with Gasteiger partial charge < -0.3 is 20.5 Å². The van der Waals surface area contributed by atoms with Crippen molar-refractivity contribution in [2.45, 2.75) is 12.7 Å². The summed E-state index contributed by atoms with van der Waals surface area (Å²) in [6.45, 7) is 1.51. The molecule has 2 rings (SSSR count). The molecule has 0 aliphatic carbocycles. The molecule has 0 spiro atoms. The zero-order chi connectivity index (χ0) is 13.0. The normalized spacial score (nSPS) is 14.6. The first-order valence-corrected chi connectivity index (χ1v) is 5.72. The number of hydrogen-bond acceptors (Lipinski definition) is 5. The Morgan fingerprint density at radius 1 is 1.56 bits per heavy atom. The van der Waals surface area contributed by atoms with Crippen molar-refractivity contribution in [3.8, 4) is 11.5 Å². The fourth-order valence-electron chi connectivity index (χ4n) is 1.95. The highest BCUT2D eigenvalue weighted by Crippen LogP contribution is 2.35. The number of carbonyl (C=O) groups is 1. The van der Waals surface area contributed by atoms with Crippen molar-refractivity contribution in [1.82, 2.24) is 10.2 Å². The first-order chi connectivity index (χ1) is 8.70. The van der Waals surface area contributed by atoms with Gasteiger partial charge in [-0.25, -0.2) is 0 Å². The number of nitrogens with two attached hydrogens (primary N) is 1. The van der Waals surface area contributed by atoms with Crippen LogP contribution in [0.15, 0.2) is 18.2 Å². The standard InChI is InChI=1S/C12H17N3O3/c1-15(6-11(13)14-7-16)5-9-3-2-4-10-12(9)18-8-17-10/h2-4,7,11H,5-6,8,13H2,1H3,(H,14,16). The summed E-state index contributed by atoms with van der Waals surface area (Å²) in [5, 5.41) is 2.51. The van der Waals surface area contributed by atoms with Crippen LogP contribution in [0.25, 0.3) is 0 Å². The van der Waals surface area contributed by atoms with E-state index in [4.69, 9.17) is 15.2 Å². The van der Waals surface area contributed by atoms with E-state index in [0.29, 0.717) is 19.5 Å². The summed E-state index contributed by atoms with van der Waals surface area (Å²) in [6, 6.07) is 5.80. The molecular formula is C12H17N3O3. The summed E-state index contributed by atoms with van der Waals surface area (Å²) in [6.07, 6.45) is 0.233. The third-order valence-electron chi connectivity index (χ3n) is 2.71. The highest BCUT2D eigenvalue weighted by molar-refractivity contribution is 5.48. The van der Waals surface area contributed by atoms with Crippen LogP contribution >= 0.6 is 0 Å². The smallest absolute Gasteiger partial charge is 0.231 e. The number of ether oxygens (including phenoxy) is 2. The number of hydrogen-bond donors (Lipinski definition) is 2. The molecule has 1 heterocycles. The van der Waals surface area contributed by atoms with Gasteiger partial charge in [-0.2, -0.15) is 0 Å². The fourth-order valence-corrected chi connectivity index (χ4v) is 1.95. The molecule has 6 nitrogen and oxygen atoms in total. The number of para-hydroxylation sites is 1. The van der Waals surface area contributed by atoms with Crippen LogP contribution < -0.4 is 20.5 Å². The topological polar surface area (TPSA) is 76.8 Å². The molecule has 3 N–H and O–H groups in total. The largest absolute Gasteiger partial charge is 0.454 e. The highest BCUT2D eigenvalue weighted by atomic mass is 16.7. The van der Waals surface area contributed by atoms with Gasteiger partial charge in [-0.15, -0.1) is 0 Å². The van der Waals surface area contributed by atoms with E-state index in [2.05, 4.69) is 5.32 Å². The van der Waals surface area contributed by atoms with Gasteiger partial charge >= 0.3 is 0 Å². The molecule has 0 aromatic heterocycles. The van der Waals surface area contributed by atoms with Gasteiger partial charge in [0, 0.05) is 18.7 Å². The van der Waals surface area contributed by atoms with Crippen LogP contribution in [0.1, 0.15) is 5.56 Å². The van der Waals surface area contributed by atoms with Gasteiger partial charge in [0.05, 0.1) is 6.17 Å². The lowest BCUT2D eigenvalue weighted by Crippen LogP contribution is -2.45. The minimum absolute atomic E-state index is 0.266. The summed E-state index contributed by atoms with van der Waals surface area (Å²) < 4.78 is 10.7. The zero-order valence-corrected chi connectivity index (χ0v) is 10.3. The average molecular weight is 251 g/mol. The highest BCUT2D eigenvalue weighted by Gasteiger charge is 2.18. The van der Waals surface area contributed by atoms with Gasteiger partial charge in [0.2, 0.25) is 13.2 Å². The van der Waals surface area contributed by atoms with E-state index < -0.39 is 0 Å². The Kier molecular flexibility index (Phi) is 4.01. The second kappa shape index (κ2) is 5.70. The maximum absolute atomic E-state index is 10.3. The molecule has 0 bridgehead atoms. The van der Waals surface area contributed by atoms with Gasteiger partial charge in [-0.1, -0.05) is 12.1 Å². The van der Waals surface area contributed by atoms with Crippen LogP contribution in [0.5, 0.6) is 11.5 Å². The molecule has 1 unspecified atom stereocenters. The van der Waals surface area contributed by atoms with E-state index in [-0.39, 0.29) is 13.0 Å². The molecule has 0 fully saturated rings. The average Bonchev–Trinajstić information content (AvgIpc) is 2.78. The van der Waals surface area contributed by atoms with Crippen LogP contribution in [0, 0.1) is 0 Å². The first-order valence-electron chi connectivity index (χ1n) is 5.72. The number of amides is 1. The molecule has 0 radical (unpaired) electrons. The molecule has 1 atom stereocenters. The summed E-state index contributed by atoms with van der Waals surface area (Å²) in [7, 11) is 1.93. The van der Waals surface area contributed by atoms with E-state index in [1.54, 1.807) is 0 Å². The van der Waals surface area contributed by atoms with Crippen LogP contribution in [-0.4, -0.2) is 37.9 Å². The maximum Gasteiger partial charge on any atom is 0.231 e. The van der Waals surface area contributed by atoms with Crippen molar-refractivity contribution in [2.24, 2.45) is 5.73 Å². The van der Waals surface area contributed by atoms with E-state index in [1.165, 1.54) is 0 Å². The summed E-state index contributed by atoms with van der Waals surface area (Å²) in [4.78, 5) is 12.3. The molecule has 1 aromatic rings. The van der Waals surface area contributed by atoms with E-state index in [9.17, 15) is 4.79 Å². The lowest BCUT2D eigenvalue weighted by Gasteiger charge is -2.21. The molecule has 1 aliphatic heterocycles. The van der Waals surface area contributed by atoms with Gasteiger partial charge in [-0.3, -0.25) is 9.69 Å². The van der Waals surface area contributed by atoms with Gasteiger partial charge in [0.15, 0.2) is 11.5 Å². The molecular weight excluding hydrogens is 234 g/mol. The lowest BCUT2D eigenvalue weighted by molar-refractivity contribution is -0.110. The molecule has 1 amide bonds. The second-order valence-electron chi connectivity index (χ2n) is 4.24. The minimum Gasteiger partial charge on any atom is -0.454 e. The Hall–Kier alpha value is -1.79. The molecule has 6 heteroatoms. The van der Waals surface area contributed by atoms with Crippen LogP contribution in [0.4, 0.5) is 0 Å². The third-order valence-corrected chi connectivity index (χ3v) is 2.71. The molecule has 1 aliphatic rings. The summed E-state index contributed by atoms with van der Waals surface area (Å²) in [5.74, 6) is 1.57. The van der Waals surface area contributed by atoms with Gasteiger partial charge in [-0.05, 0) is 13.1 Å². The zero-order valence-electron chi connectivity index (χ0n) is 10.3. The Morgan fingerprint density at radius 3 is 3.17 bits per heavy atom. The number of likely N-dealkylation sites (N-methyl/N-ethyl adjacent to an activating group) is 1. The number of carbonyl (C=O) groups excluding carboxylic acids is 1. The van der Waals surface area contributed by atoms with Gasteiger partial charge in [0.1, 0.15) is 0 Å². The first kappa shape index (κ1) is 12.7. The summed E-state index contributed by atoms with van der Waals surface area (Å²) in [5.41, 5.74) is 6.76. The SMILES string of the molecule is CN(Cc1cccc2c1OCO2)CC(N)NC=O. The summed E-state index contributed by atoms with van der Waals surface area (Å²) >= 11 is 0.